The van der Waals surface area contributed by atoms with Gasteiger partial charge in [-0.15, -0.1) is 0 Å². The van der Waals surface area contributed by atoms with E-state index in [1.807, 2.05) is 26.0 Å². The smallest absolute Gasteiger partial charge is 1.00 e. The van der Waals surface area contributed by atoms with Crippen LogP contribution in [0.4, 0.5) is 0 Å². The van der Waals surface area contributed by atoms with Crippen LogP contribution in [-0.4, -0.2) is 57.9 Å². The molecule has 0 aliphatic rings. The van der Waals surface area contributed by atoms with E-state index in [0.717, 1.165) is 22.3 Å². The van der Waals surface area contributed by atoms with Gasteiger partial charge in [-0.25, -0.2) is 16.8 Å². The van der Waals surface area contributed by atoms with Crippen LogP contribution in [0.25, 0.3) is 21.8 Å². The van der Waals surface area contributed by atoms with Gasteiger partial charge in [0, 0.05) is 35.8 Å². The van der Waals surface area contributed by atoms with E-state index in [4.69, 9.17) is 11.5 Å². The van der Waals surface area contributed by atoms with Gasteiger partial charge in [0.25, 0.3) is 11.8 Å². The summed E-state index contributed by atoms with van der Waals surface area (Å²) < 4.78 is 53.3. The molecule has 7 N–H and O–H groups in total. The molecule has 0 aliphatic carbocycles. The molecular weight excluding hydrogens is 738 g/mol. The van der Waals surface area contributed by atoms with Crippen molar-refractivity contribution in [3.8, 4) is 0 Å². The molecule has 3 radical (unpaired) electrons. The first-order valence-electron chi connectivity index (χ1n) is 16.0. The van der Waals surface area contributed by atoms with Crippen molar-refractivity contribution in [1.29, 1.82) is 0 Å². The molecule has 2 amide bonds. The molecular formula is C38H39BN4NaO8S2. The van der Waals surface area contributed by atoms with Crippen molar-refractivity contribution < 1.29 is 67.3 Å². The number of rotatable bonds is 8. The van der Waals surface area contributed by atoms with Gasteiger partial charge in [-0.3, -0.25) is 14.4 Å². The molecule has 0 saturated carbocycles. The number of nitrogens with one attached hydrogen (secondary N) is 2. The molecule has 0 fully saturated rings. The summed E-state index contributed by atoms with van der Waals surface area (Å²) >= 11 is 0. The number of sulfone groups is 2. The molecule has 1 atom stereocenters. The number of amides is 2. The average Bonchev–Trinajstić information content (AvgIpc) is 3.64. The summed E-state index contributed by atoms with van der Waals surface area (Å²) in [5.74, 6) is -1.94. The molecule has 0 bridgehead atoms. The first-order valence-corrected chi connectivity index (χ1v) is 19.0. The number of aromatic amines is 2. The minimum atomic E-state index is -4.03. The van der Waals surface area contributed by atoms with Crippen LogP contribution in [-0.2, 0) is 19.7 Å². The predicted molar refractivity (Wildman–Crippen MR) is 204 cm³/mol. The van der Waals surface area contributed by atoms with Crippen molar-refractivity contribution in [3.63, 3.8) is 0 Å². The molecule has 16 heteroatoms. The Morgan fingerprint density at radius 3 is 1.37 bits per heavy atom. The van der Waals surface area contributed by atoms with Crippen LogP contribution in [0.5, 0.6) is 0 Å². The summed E-state index contributed by atoms with van der Waals surface area (Å²) in [5, 5.41) is 10.4. The average molecular weight is 778 g/mol. The number of aliphatic hydroxyl groups excluding tert-OH is 1. The fourth-order valence-corrected chi connectivity index (χ4v) is 9.74. The first-order chi connectivity index (χ1) is 24.2. The second kappa shape index (κ2) is 16.5. The van der Waals surface area contributed by atoms with Crippen molar-refractivity contribution in [2.24, 2.45) is 11.5 Å². The Hall–Kier alpha value is -4.51. The van der Waals surface area contributed by atoms with Gasteiger partial charge in [0.15, 0.2) is 5.78 Å². The van der Waals surface area contributed by atoms with Gasteiger partial charge in [-0.05, 0) is 124 Å². The van der Waals surface area contributed by atoms with Gasteiger partial charge in [-0.2, -0.15) is 0 Å². The topological polar surface area (TPSA) is 223 Å². The SMILES string of the molecule is CC(=O)c1ccc2[nH]c(C(N)=O)c(S(=O)(=O)c3cc(C)cc(C)c3)c2c1.Cc1cc(C)cc(S(=O)(=O)c2c(C(N)=O)[nH]c3ccc(C(C)O)cc23)c1.[B].[H-].[Na+]. The number of nitrogens with two attached hydrogens (primary N) is 2. The van der Waals surface area contributed by atoms with E-state index in [9.17, 15) is 36.3 Å². The Morgan fingerprint density at radius 1 is 0.648 bits per heavy atom. The van der Waals surface area contributed by atoms with E-state index in [1.165, 1.54) is 13.0 Å². The molecule has 275 valence electrons. The third-order valence-corrected chi connectivity index (χ3v) is 12.1. The van der Waals surface area contributed by atoms with E-state index in [-0.39, 0.29) is 81.5 Å². The molecule has 4 aromatic carbocycles. The summed E-state index contributed by atoms with van der Waals surface area (Å²) in [4.78, 5) is 40.9. The maximum Gasteiger partial charge on any atom is 1.00 e. The number of hydrogen-bond donors (Lipinski definition) is 5. The largest absolute Gasteiger partial charge is 1.00 e. The fourth-order valence-electron chi connectivity index (χ4n) is 6.15. The number of benzene rings is 4. The normalized spacial score (nSPS) is 11.9. The number of aromatic nitrogens is 2. The number of primary amides is 2. The van der Waals surface area contributed by atoms with Gasteiger partial charge in [-0.1, -0.05) is 18.2 Å². The molecule has 2 heterocycles. The van der Waals surface area contributed by atoms with Crippen LogP contribution in [0.1, 0.15) is 80.5 Å². The number of Topliss-reactive ketones (excluding diaryl/α,β-unsaturated/α-hetero) is 1. The van der Waals surface area contributed by atoms with Crippen molar-refractivity contribution in [3.05, 3.63) is 118 Å². The number of carbonyl (C=O) groups is 3. The van der Waals surface area contributed by atoms with Gasteiger partial charge >= 0.3 is 29.6 Å². The van der Waals surface area contributed by atoms with Gasteiger partial charge in [0.05, 0.1) is 15.9 Å². The van der Waals surface area contributed by atoms with E-state index >= 15 is 0 Å². The third-order valence-electron chi connectivity index (χ3n) is 8.46. The van der Waals surface area contributed by atoms with E-state index in [2.05, 4.69) is 9.97 Å². The number of aliphatic hydroxyl groups is 1. The quantitative estimate of drug-likeness (QED) is 0.114. The summed E-state index contributed by atoms with van der Waals surface area (Å²) in [5.41, 5.74) is 15.4. The zero-order valence-corrected chi connectivity index (χ0v) is 34.5. The van der Waals surface area contributed by atoms with Crippen LogP contribution in [0.2, 0.25) is 0 Å². The number of H-pyrrole nitrogens is 2. The second-order valence-corrected chi connectivity index (χ2v) is 16.6. The van der Waals surface area contributed by atoms with E-state index in [1.54, 1.807) is 75.4 Å². The van der Waals surface area contributed by atoms with E-state index in [0.29, 0.717) is 27.5 Å². The molecule has 0 aliphatic heterocycles. The third kappa shape index (κ3) is 8.56. The van der Waals surface area contributed by atoms with Crippen LogP contribution < -0.4 is 41.0 Å². The number of fused-ring (bicyclic) bond motifs is 2. The van der Waals surface area contributed by atoms with Crippen molar-refractivity contribution in [2.45, 2.75) is 67.2 Å². The summed E-state index contributed by atoms with van der Waals surface area (Å²) in [6.45, 7) is 10.2. The van der Waals surface area contributed by atoms with Crippen LogP contribution in [0.3, 0.4) is 0 Å². The van der Waals surface area contributed by atoms with Gasteiger partial charge in [0.1, 0.15) is 21.2 Å². The molecule has 12 nitrogen and oxygen atoms in total. The molecule has 2 aromatic heterocycles. The Balaban J connectivity index is 0.000000360. The number of ketones is 1. The maximum absolute atomic E-state index is 13.3. The zero-order valence-electron chi connectivity index (χ0n) is 31.9. The Morgan fingerprint density at radius 2 is 1.02 bits per heavy atom. The summed E-state index contributed by atoms with van der Waals surface area (Å²) in [6, 6.07) is 19.4. The van der Waals surface area contributed by atoms with Crippen LogP contribution in [0, 0.1) is 27.7 Å². The minimum absolute atomic E-state index is 0. The first kappa shape index (κ1) is 43.9. The second-order valence-electron chi connectivity index (χ2n) is 12.8. The van der Waals surface area contributed by atoms with Crippen molar-refractivity contribution in [1.82, 2.24) is 9.97 Å². The fraction of sp³-hybridized carbons (Fsp3) is 0.184. The number of hydrogen-bond acceptors (Lipinski definition) is 8. The Labute approximate surface area is 338 Å². The molecule has 0 saturated heterocycles. The van der Waals surface area contributed by atoms with Crippen molar-refractivity contribution in [2.75, 3.05) is 0 Å². The van der Waals surface area contributed by atoms with Gasteiger partial charge in [0.2, 0.25) is 19.7 Å². The minimum Gasteiger partial charge on any atom is -1.00 e. The molecule has 54 heavy (non-hydrogen) atoms. The molecule has 1 unspecified atom stereocenters. The number of carbonyl (C=O) groups excluding carboxylic acids is 3. The van der Waals surface area contributed by atoms with E-state index < -0.39 is 37.6 Å². The predicted octanol–water partition coefficient (Wildman–Crippen LogP) is 2.42. The number of aryl methyl sites for hydroxylation is 4. The molecule has 6 rings (SSSR count). The van der Waals surface area contributed by atoms with Gasteiger partial charge < -0.3 is 28.0 Å². The van der Waals surface area contributed by atoms with Crippen molar-refractivity contribution >= 4 is 67.5 Å². The van der Waals surface area contributed by atoms with Crippen LogP contribution in [0.15, 0.2) is 92.4 Å². The Bertz CT molecular complexity index is 2650. The monoisotopic (exact) mass is 777 g/mol. The summed E-state index contributed by atoms with van der Waals surface area (Å²) in [6.07, 6.45) is -0.775. The molecule has 0 spiro atoms. The van der Waals surface area contributed by atoms with Crippen LogP contribution >= 0.6 is 0 Å². The standard InChI is InChI=1S/C19H20N2O4S.C19H18N2O4S.B.Na.H/c2*1-10-6-11(2)8-14(7-10)26(24,25)18-15-9-13(12(3)22)4-5-16(15)21-17(18)19(20)23;;;/h4-9,12,21-22H,1-3H3,(H2,20,23);4-9,21H,1-3H3,(H2,20,23);;;/q;;;+1;-1. The maximum atomic E-state index is 13.3. The summed E-state index contributed by atoms with van der Waals surface area (Å²) in [7, 11) is -8.03. The molecule has 6 aromatic rings. The zero-order chi connectivity index (χ0) is 38.4. The Kier molecular flexibility index (Phi) is 13.4.